The summed E-state index contributed by atoms with van der Waals surface area (Å²) in [6.07, 6.45) is 0. The Hall–Kier alpha value is -1.87. The molecule has 0 aliphatic carbocycles. The molecule has 2 rings (SSSR count). The summed E-state index contributed by atoms with van der Waals surface area (Å²) in [6, 6.07) is 19.0. The minimum absolute atomic E-state index is 0.699. The first-order chi connectivity index (χ1) is 8.15. The predicted octanol–water partition coefficient (Wildman–Crippen LogP) is 2.14. The van der Waals surface area contributed by atoms with Crippen molar-refractivity contribution in [2.24, 2.45) is 0 Å². The van der Waals surface area contributed by atoms with E-state index in [1.54, 1.807) is 0 Å². The summed E-state index contributed by atoms with van der Waals surface area (Å²) in [5.41, 5.74) is -0.699. The monoisotopic (exact) mass is 242 g/mol. The van der Waals surface area contributed by atoms with Gasteiger partial charge in [-0.15, -0.1) is 0 Å². The number of carbonyl (C=O) groups is 1. The maximum atomic E-state index is 11.7. The molecule has 0 radical (unpaired) electrons. The first-order valence-electron chi connectivity index (χ1n) is 5.50. The van der Waals surface area contributed by atoms with E-state index < -0.39 is 13.7 Å². The summed E-state index contributed by atoms with van der Waals surface area (Å²) >= 11 is 0. The average molecular weight is 242 g/mol. The maximum Gasteiger partial charge on any atom is 0.279 e. The Morgan fingerprint density at radius 3 is 1.53 bits per heavy atom. The Labute approximate surface area is 102 Å². The summed E-state index contributed by atoms with van der Waals surface area (Å²) in [5, 5.41) is 11.5. The van der Waals surface area contributed by atoms with E-state index in [9.17, 15) is 9.90 Å². The first kappa shape index (κ1) is 11.6. The van der Waals surface area contributed by atoms with Crippen molar-refractivity contribution >= 4 is 24.0 Å². The van der Waals surface area contributed by atoms with Gasteiger partial charge in [-0.1, -0.05) is 67.2 Å². The van der Waals surface area contributed by atoms with Crippen LogP contribution in [0, 0.1) is 0 Å². The standard InChI is InChI=1S/C14H14O2Si/c1-17(14(15)16,12-8-4-2-5-9-12)13-10-6-3-7-11-13/h2-11H,1H3,(H,15,16). The van der Waals surface area contributed by atoms with E-state index in [0.29, 0.717) is 0 Å². The zero-order chi connectivity index (χ0) is 12.3. The lowest BCUT2D eigenvalue weighted by molar-refractivity contribution is 0.218. The van der Waals surface area contributed by atoms with Crippen LogP contribution in [0.1, 0.15) is 0 Å². The summed E-state index contributed by atoms with van der Waals surface area (Å²) in [5.74, 6) is 0. The van der Waals surface area contributed by atoms with Gasteiger partial charge in [0, 0.05) is 0 Å². The molecule has 0 unspecified atom stereocenters. The maximum absolute atomic E-state index is 11.7. The molecule has 0 saturated heterocycles. The molecule has 0 aliphatic rings. The van der Waals surface area contributed by atoms with E-state index in [0.717, 1.165) is 10.4 Å². The van der Waals surface area contributed by atoms with Crippen LogP contribution >= 0.6 is 0 Å². The number of benzene rings is 2. The van der Waals surface area contributed by atoms with Crippen LogP contribution in [0.4, 0.5) is 4.79 Å². The Balaban J connectivity index is 2.59. The second-order valence-electron chi connectivity index (χ2n) is 4.16. The molecule has 17 heavy (non-hydrogen) atoms. The van der Waals surface area contributed by atoms with E-state index in [1.807, 2.05) is 67.2 Å². The topological polar surface area (TPSA) is 37.3 Å². The van der Waals surface area contributed by atoms with Crippen LogP contribution in [0.2, 0.25) is 6.55 Å². The highest BCUT2D eigenvalue weighted by molar-refractivity contribution is 7.20. The molecular weight excluding hydrogens is 228 g/mol. The number of rotatable bonds is 3. The fourth-order valence-electron chi connectivity index (χ4n) is 1.96. The van der Waals surface area contributed by atoms with Gasteiger partial charge in [-0.2, -0.15) is 0 Å². The van der Waals surface area contributed by atoms with Crippen LogP contribution in [-0.4, -0.2) is 18.8 Å². The highest BCUT2D eigenvalue weighted by Gasteiger charge is 2.40. The Bertz CT molecular complexity index is 469. The smallest absolute Gasteiger partial charge is 0.279 e. The lowest BCUT2D eigenvalue weighted by Gasteiger charge is -2.23. The molecule has 0 saturated carbocycles. The molecule has 2 aromatic rings. The van der Waals surface area contributed by atoms with Crippen LogP contribution < -0.4 is 10.4 Å². The normalized spacial score (nSPS) is 11.1. The molecule has 0 spiro atoms. The van der Waals surface area contributed by atoms with Gasteiger partial charge >= 0.3 is 0 Å². The predicted molar refractivity (Wildman–Crippen MR) is 71.8 cm³/mol. The molecule has 1 N–H and O–H groups in total. The lowest BCUT2D eigenvalue weighted by Crippen LogP contribution is -2.61. The first-order valence-corrected chi connectivity index (χ1v) is 8.00. The van der Waals surface area contributed by atoms with E-state index in [1.165, 1.54) is 0 Å². The molecule has 86 valence electrons. The number of carboxylic acid groups (broad SMARTS) is 1. The Kier molecular flexibility index (Phi) is 3.11. The van der Waals surface area contributed by atoms with Crippen molar-refractivity contribution in [1.82, 2.24) is 0 Å². The Morgan fingerprint density at radius 2 is 1.24 bits per heavy atom. The molecule has 0 aromatic heterocycles. The Morgan fingerprint density at radius 1 is 0.882 bits per heavy atom. The van der Waals surface area contributed by atoms with Gasteiger partial charge in [-0.3, -0.25) is 4.79 Å². The fourth-order valence-corrected chi connectivity index (χ4v) is 4.50. The van der Waals surface area contributed by atoms with Crippen LogP contribution in [-0.2, 0) is 0 Å². The van der Waals surface area contributed by atoms with Gasteiger partial charge in [0.25, 0.3) is 5.59 Å². The van der Waals surface area contributed by atoms with Crippen molar-refractivity contribution < 1.29 is 9.90 Å². The molecule has 0 bridgehead atoms. The van der Waals surface area contributed by atoms with Gasteiger partial charge in [0.15, 0.2) is 0 Å². The minimum atomic E-state index is -2.66. The molecule has 0 amide bonds. The number of hydrogen-bond acceptors (Lipinski definition) is 1. The molecule has 0 aliphatic heterocycles. The van der Waals surface area contributed by atoms with Crippen LogP contribution in [0.15, 0.2) is 60.7 Å². The molecule has 3 heteroatoms. The van der Waals surface area contributed by atoms with Gasteiger partial charge in [-0.25, -0.2) is 0 Å². The highest BCUT2D eigenvalue weighted by Crippen LogP contribution is 2.06. The number of hydrogen-bond donors (Lipinski definition) is 1. The minimum Gasteiger partial charge on any atom is -0.485 e. The summed E-state index contributed by atoms with van der Waals surface area (Å²) in [7, 11) is -2.66. The largest absolute Gasteiger partial charge is 0.485 e. The highest BCUT2D eigenvalue weighted by atomic mass is 28.3. The van der Waals surface area contributed by atoms with Crippen LogP contribution in [0.25, 0.3) is 0 Å². The third-order valence-corrected chi connectivity index (χ3v) is 6.96. The van der Waals surface area contributed by atoms with E-state index >= 15 is 0 Å². The quantitative estimate of drug-likeness (QED) is 0.837. The van der Waals surface area contributed by atoms with Crippen molar-refractivity contribution in [2.75, 3.05) is 0 Å². The van der Waals surface area contributed by atoms with Crippen molar-refractivity contribution in [2.45, 2.75) is 6.55 Å². The van der Waals surface area contributed by atoms with Crippen LogP contribution in [0.3, 0.4) is 0 Å². The van der Waals surface area contributed by atoms with Gasteiger partial charge < -0.3 is 5.11 Å². The van der Waals surface area contributed by atoms with Crippen molar-refractivity contribution in [3.05, 3.63) is 60.7 Å². The van der Waals surface area contributed by atoms with Gasteiger partial charge in [0.1, 0.15) is 0 Å². The van der Waals surface area contributed by atoms with Crippen molar-refractivity contribution in [1.29, 1.82) is 0 Å². The fraction of sp³-hybridized carbons (Fsp3) is 0.0714. The van der Waals surface area contributed by atoms with Crippen molar-refractivity contribution in [3.8, 4) is 0 Å². The third kappa shape index (κ3) is 2.01. The SMILES string of the molecule is C[Si](C(=O)O)(c1ccccc1)c1ccccc1. The van der Waals surface area contributed by atoms with Gasteiger partial charge in [0.2, 0.25) is 8.07 Å². The zero-order valence-corrected chi connectivity index (χ0v) is 10.6. The van der Waals surface area contributed by atoms with Gasteiger partial charge in [-0.05, 0) is 10.4 Å². The molecule has 0 heterocycles. The van der Waals surface area contributed by atoms with E-state index in [2.05, 4.69) is 0 Å². The molecule has 0 fully saturated rings. The zero-order valence-electron chi connectivity index (χ0n) is 9.63. The van der Waals surface area contributed by atoms with E-state index in [4.69, 9.17) is 0 Å². The second kappa shape index (κ2) is 4.55. The van der Waals surface area contributed by atoms with Crippen LogP contribution in [0.5, 0.6) is 0 Å². The molecule has 2 nitrogen and oxygen atoms in total. The third-order valence-electron chi connectivity index (χ3n) is 3.13. The molecule has 2 aromatic carbocycles. The van der Waals surface area contributed by atoms with E-state index in [-0.39, 0.29) is 0 Å². The van der Waals surface area contributed by atoms with Gasteiger partial charge in [0.05, 0.1) is 0 Å². The average Bonchev–Trinajstić information content (AvgIpc) is 2.39. The lowest BCUT2D eigenvalue weighted by atomic mass is 10.4. The second-order valence-corrected chi connectivity index (χ2v) is 7.99. The summed E-state index contributed by atoms with van der Waals surface area (Å²) in [6.45, 7) is 1.88. The summed E-state index contributed by atoms with van der Waals surface area (Å²) in [4.78, 5) is 11.7. The van der Waals surface area contributed by atoms with Crippen molar-refractivity contribution in [3.63, 3.8) is 0 Å². The summed E-state index contributed by atoms with van der Waals surface area (Å²) < 4.78 is 0. The molecular formula is C14H14O2Si. The molecule has 0 atom stereocenters.